The van der Waals surface area contributed by atoms with Crippen LogP contribution in [0.2, 0.25) is 0 Å². The van der Waals surface area contributed by atoms with Gasteiger partial charge in [-0.3, -0.25) is 0 Å². The van der Waals surface area contributed by atoms with Gasteiger partial charge in [0.15, 0.2) is 0 Å². The number of anilines is 1. The molecule has 1 heterocycles. The lowest BCUT2D eigenvalue weighted by atomic mass is 9.97. The van der Waals surface area contributed by atoms with Crippen molar-refractivity contribution < 1.29 is 4.39 Å². The van der Waals surface area contributed by atoms with Crippen LogP contribution < -0.4 is 10.2 Å². The molecule has 0 aliphatic carbocycles. The maximum Gasteiger partial charge on any atom is 0.125 e. The van der Waals surface area contributed by atoms with E-state index >= 15 is 0 Å². The van der Waals surface area contributed by atoms with Gasteiger partial charge < -0.3 is 10.2 Å². The van der Waals surface area contributed by atoms with E-state index in [1.165, 1.54) is 32.1 Å². The Morgan fingerprint density at radius 3 is 2.89 bits per heavy atom. The normalized spacial score (nSPS) is 19.7. The lowest BCUT2D eigenvalue weighted by Crippen LogP contribution is -2.39. The fourth-order valence-corrected chi connectivity index (χ4v) is 3.08. The average molecular weight is 264 g/mol. The van der Waals surface area contributed by atoms with Gasteiger partial charge in [0.25, 0.3) is 0 Å². The number of halogens is 1. The largest absolute Gasteiger partial charge is 0.368 e. The van der Waals surface area contributed by atoms with E-state index in [4.69, 9.17) is 0 Å². The second-order valence-corrected chi connectivity index (χ2v) is 5.48. The van der Waals surface area contributed by atoms with Crippen molar-refractivity contribution in [3.63, 3.8) is 0 Å². The van der Waals surface area contributed by atoms with Gasteiger partial charge in [-0.05, 0) is 56.5 Å². The van der Waals surface area contributed by atoms with Crippen molar-refractivity contribution in [2.24, 2.45) is 0 Å². The molecule has 1 unspecified atom stereocenters. The van der Waals surface area contributed by atoms with Crippen molar-refractivity contribution in [3.05, 3.63) is 29.6 Å². The van der Waals surface area contributed by atoms with E-state index in [-0.39, 0.29) is 5.82 Å². The van der Waals surface area contributed by atoms with E-state index in [1.807, 2.05) is 7.05 Å². The molecule has 0 amide bonds. The molecule has 19 heavy (non-hydrogen) atoms. The van der Waals surface area contributed by atoms with Gasteiger partial charge >= 0.3 is 0 Å². The van der Waals surface area contributed by atoms with Gasteiger partial charge in [-0.2, -0.15) is 0 Å². The van der Waals surface area contributed by atoms with E-state index in [0.29, 0.717) is 6.04 Å². The number of hydrogen-bond acceptors (Lipinski definition) is 2. The summed E-state index contributed by atoms with van der Waals surface area (Å²) in [6.45, 7) is 4.01. The number of hydrogen-bond donors (Lipinski definition) is 1. The number of nitrogens with zero attached hydrogens (tertiary/aromatic N) is 1. The molecule has 0 spiro atoms. The Balaban J connectivity index is 2.22. The molecule has 1 aromatic rings. The second-order valence-electron chi connectivity index (χ2n) is 5.48. The summed E-state index contributed by atoms with van der Waals surface area (Å²) in [5.41, 5.74) is 2.08. The first-order chi connectivity index (χ1) is 9.24. The zero-order valence-electron chi connectivity index (χ0n) is 12.1. The third-order valence-corrected chi connectivity index (χ3v) is 3.90. The molecule has 1 aromatic carbocycles. The summed E-state index contributed by atoms with van der Waals surface area (Å²) in [5, 5.41) is 3.09. The van der Waals surface area contributed by atoms with Gasteiger partial charge in [-0.25, -0.2) is 4.39 Å². The second kappa shape index (κ2) is 6.90. The van der Waals surface area contributed by atoms with Crippen molar-refractivity contribution in [2.45, 2.75) is 51.6 Å². The van der Waals surface area contributed by atoms with Crippen LogP contribution in [0.4, 0.5) is 10.1 Å². The summed E-state index contributed by atoms with van der Waals surface area (Å²) in [5.74, 6) is -0.122. The summed E-state index contributed by atoms with van der Waals surface area (Å²) >= 11 is 0. The monoisotopic (exact) mass is 264 g/mol. The zero-order chi connectivity index (χ0) is 13.7. The van der Waals surface area contributed by atoms with Gasteiger partial charge in [0.1, 0.15) is 5.82 Å². The summed E-state index contributed by atoms with van der Waals surface area (Å²) in [6.07, 6.45) is 6.17. The molecule has 0 radical (unpaired) electrons. The Kier molecular flexibility index (Phi) is 5.20. The highest BCUT2D eigenvalue weighted by Crippen LogP contribution is 2.28. The van der Waals surface area contributed by atoms with E-state index in [1.54, 1.807) is 12.1 Å². The van der Waals surface area contributed by atoms with Crippen LogP contribution >= 0.6 is 0 Å². The van der Waals surface area contributed by atoms with E-state index in [9.17, 15) is 4.39 Å². The Morgan fingerprint density at radius 1 is 1.32 bits per heavy atom. The molecule has 0 saturated carbocycles. The topological polar surface area (TPSA) is 15.3 Å². The molecule has 2 rings (SSSR count). The predicted molar refractivity (Wildman–Crippen MR) is 79.1 cm³/mol. The van der Waals surface area contributed by atoms with Gasteiger partial charge in [0.2, 0.25) is 0 Å². The number of rotatable bonds is 5. The minimum atomic E-state index is -0.122. The summed E-state index contributed by atoms with van der Waals surface area (Å²) < 4.78 is 13.8. The summed E-state index contributed by atoms with van der Waals surface area (Å²) in [6, 6.07) is 6.03. The van der Waals surface area contributed by atoms with Gasteiger partial charge in [-0.1, -0.05) is 13.3 Å². The number of benzene rings is 1. The minimum Gasteiger partial charge on any atom is -0.368 e. The van der Waals surface area contributed by atoms with Crippen LogP contribution in [0, 0.1) is 5.82 Å². The molecule has 106 valence electrons. The van der Waals surface area contributed by atoms with Crippen molar-refractivity contribution in [2.75, 3.05) is 18.5 Å². The smallest absolute Gasteiger partial charge is 0.125 e. The van der Waals surface area contributed by atoms with E-state index in [2.05, 4.69) is 23.2 Å². The van der Waals surface area contributed by atoms with Gasteiger partial charge in [0, 0.05) is 24.8 Å². The van der Waals surface area contributed by atoms with Gasteiger partial charge in [0.05, 0.1) is 0 Å². The van der Waals surface area contributed by atoms with Crippen molar-refractivity contribution in [1.82, 2.24) is 5.32 Å². The lowest BCUT2D eigenvalue weighted by Gasteiger charge is -2.38. The van der Waals surface area contributed by atoms with E-state index in [0.717, 1.165) is 24.3 Å². The molecule has 1 saturated heterocycles. The Hall–Kier alpha value is -1.09. The Bertz CT molecular complexity index is 404. The number of nitrogens with one attached hydrogen (secondary N) is 1. The molecule has 0 bridgehead atoms. The zero-order valence-corrected chi connectivity index (χ0v) is 12.1. The fraction of sp³-hybridized carbons (Fsp3) is 0.625. The molecule has 2 nitrogen and oxygen atoms in total. The Morgan fingerprint density at radius 2 is 2.16 bits per heavy atom. The summed E-state index contributed by atoms with van der Waals surface area (Å²) in [7, 11) is 1.89. The highest BCUT2D eigenvalue weighted by atomic mass is 19.1. The molecule has 0 aromatic heterocycles. The highest BCUT2D eigenvalue weighted by Gasteiger charge is 2.22. The number of piperidine rings is 1. The Labute approximate surface area is 116 Å². The van der Waals surface area contributed by atoms with Crippen LogP contribution in [-0.2, 0) is 6.54 Å². The maximum absolute atomic E-state index is 13.8. The van der Waals surface area contributed by atoms with Crippen molar-refractivity contribution in [1.29, 1.82) is 0 Å². The van der Waals surface area contributed by atoms with Crippen molar-refractivity contribution in [3.8, 4) is 0 Å². The van der Waals surface area contributed by atoms with Crippen LogP contribution in [0.25, 0.3) is 0 Å². The van der Waals surface area contributed by atoms with Crippen LogP contribution in [0.5, 0.6) is 0 Å². The third kappa shape index (κ3) is 3.69. The van der Waals surface area contributed by atoms with Crippen LogP contribution in [0.15, 0.2) is 18.2 Å². The minimum absolute atomic E-state index is 0.122. The standard InChI is InChI=1S/C16H25FN2/c1-3-6-15-7-4-5-8-19(15)16-10-13(12-18-2)9-14(17)11-16/h9-11,15,18H,3-8,12H2,1-2H3. The predicted octanol–water partition coefficient (Wildman–Crippen LogP) is 3.70. The molecule has 1 atom stereocenters. The van der Waals surface area contributed by atoms with Gasteiger partial charge in [-0.15, -0.1) is 0 Å². The summed E-state index contributed by atoms with van der Waals surface area (Å²) in [4.78, 5) is 2.41. The first kappa shape index (κ1) is 14.3. The van der Waals surface area contributed by atoms with Crippen LogP contribution in [-0.4, -0.2) is 19.6 Å². The molecule has 1 fully saturated rings. The maximum atomic E-state index is 13.8. The van der Waals surface area contributed by atoms with Crippen LogP contribution in [0.3, 0.4) is 0 Å². The molecular weight excluding hydrogens is 239 g/mol. The SMILES string of the molecule is CCCC1CCCCN1c1cc(F)cc(CNC)c1. The fourth-order valence-electron chi connectivity index (χ4n) is 3.08. The lowest BCUT2D eigenvalue weighted by molar-refractivity contribution is 0.434. The first-order valence-electron chi connectivity index (χ1n) is 7.45. The molecule has 1 aliphatic rings. The molecule has 3 heteroatoms. The molecular formula is C16H25FN2. The molecule has 1 N–H and O–H groups in total. The van der Waals surface area contributed by atoms with Crippen molar-refractivity contribution >= 4 is 5.69 Å². The van der Waals surface area contributed by atoms with E-state index < -0.39 is 0 Å². The third-order valence-electron chi connectivity index (χ3n) is 3.90. The average Bonchev–Trinajstić information content (AvgIpc) is 2.39. The first-order valence-corrected chi connectivity index (χ1v) is 7.45. The highest BCUT2D eigenvalue weighted by molar-refractivity contribution is 5.50. The quantitative estimate of drug-likeness (QED) is 0.872. The van der Waals surface area contributed by atoms with Crippen LogP contribution in [0.1, 0.15) is 44.6 Å². The molecule has 1 aliphatic heterocycles.